The highest BCUT2D eigenvalue weighted by Crippen LogP contribution is 2.28. The van der Waals surface area contributed by atoms with E-state index in [0.717, 1.165) is 17.8 Å². The number of thioether (sulfide) groups is 1. The predicted octanol–water partition coefficient (Wildman–Crippen LogP) is 4.22. The number of ether oxygens (including phenoxy) is 1. The lowest BCUT2D eigenvalue weighted by atomic mass is 10.2. The smallest absolute Gasteiger partial charge is 0.428 e. The molecule has 0 aromatic heterocycles. The highest BCUT2D eigenvalue weighted by molar-refractivity contribution is 8.13. The minimum Gasteiger partial charge on any atom is -0.428 e. The monoisotopic (exact) mass is 308 g/mol. The van der Waals surface area contributed by atoms with Crippen molar-refractivity contribution >= 4 is 23.0 Å². The van der Waals surface area contributed by atoms with Gasteiger partial charge in [0.2, 0.25) is 0 Å². The molecule has 2 nitrogen and oxygen atoms in total. The zero-order valence-electron chi connectivity index (χ0n) is 10.5. The third-order valence-corrected chi connectivity index (χ3v) is 2.82. The zero-order chi connectivity index (χ0) is 15.2. The summed E-state index contributed by atoms with van der Waals surface area (Å²) in [6, 6.07) is 5.39. The average Bonchev–Trinajstić information content (AvgIpc) is 2.34. The summed E-state index contributed by atoms with van der Waals surface area (Å²) in [5.74, 6) is 0.0878. The van der Waals surface area contributed by atoms with E-state index in [0.29, 0.717) is 11.3 Å². The van der Waals surface area contributed by atoms with Gasteiger partial charge in [-0.3, -0.25) is 4.79 Å². The lowest BCUT2D eigenvalue weighted by molar-refractivity contribution is -0.253. The van der Waals surface area contributed by atoms with Crippen LogP contribution in [0.5, 0.6) is 5.75 Å². The van der Waals surface area contributed by atoms with Gasteiger partial charge in [0.05, 0.1) is 0 Å². The van der Waals surface area contributed by atoms with Crippen LogP contribution in [0.1, 0.15) is 12.5 Å². The second-order valence-electron chi connectivity index (χ2n) is 3.74. The SMILES string of the molecule is CC(=O)SCC=Cc1cccc(OC(F)(F)C(F)F)c1. The van der Waals surface area contributed by atoms with Gasteiger partial charge in [0.1, 0.15) is 5.75 Å². The fourth-order valence-corrected chi connectivity index (χ4v) is 1.66. The van der Waals surface area contributed by atoms with Crippen LogP contribution in [0.3, 0.4) is 0 Å². The van der Waals surface area contributed by atoms with Crippen molar-refractivity contribution in [3.05, 3.63) is 35.9 Å². The van der Waals surface area contributed by atoms with Crippen LogP contribution < -0.4 is 4.74 Å². The maximum atomic E-state index is 12.7. The molecule has 1 rings (SSSR count). The fraction of sp³-hybridized carbons (Fsp3) is 0.308. The summed E-state index contributed by atoms with van der Waals surface area (Å²) in [5, 5.41) is -0.0386. The summed E-state index contributed by atoms with van der Waals surface area (Å²) in [6.07, 6.45) is -5.17. The van der Waals surface area contributed by atoms with E-state index in [1.54, 1.807) is 18.2 Å². The van der Waals surface area contributed by atoms with Gasteiger partial charge in [0, 0.05) is 12.7 Å². The van der Waals surface area contributed by atoms with Crippen LogP contribution in [0.25, 0.3) is 6.08 Å². The molecule has 0 heterocycles. The fourth-order valence-electron chi connectivity index (χ4n) is 1.23. The third-order valence-electron chi connectivity index (χ3n) is 2.06. The van der Waals surface area contributed by atoms with E-state index in [2.05, 4.69) is 4.74 Å². The Morgan fingerprint density at radius 3 is 2.75 bits per heavy atom. The van der Waals surface area contributed by atoms with Gasteiger partial charge in [-0.2, -0.15) is 17.6 Å². The second kappa shape index (κ2) is 7.33. The first-order chi connectivity index (χ1) is 9.31. The van der Waals surface area contributed by atoms with Gasteiger partial charge in [-0.1, -0.05) is 36.0 Å². The number of alkyl halides is 4. The van der Waals surface area contributed by atoms with Crippen molar-refractivity contribution in [3.8, 4) is 5.75 Å². The van der Waals surface area contributed by atoms with Crippen molar-refractivity contribution in [3.63, 3.8) is 0 Å². The van der Waals surface area contributed by atoms with Crippen LogP contribution >= 0.6 is 11.8 Å². The van der Waals surface area contributed by atoms with E-state index in [4.69, 9.17) is 0 Å². The van der Waals surface area contributed by atoms with E-state index in [-0.39, 0.29) is 10.9 Å². The van der Waals surface area contributed by atoms with Crippen LogP contribution in [0.4, 0.5) is 17.6 Å². The number of carbonyl (C=O) groups excluding carboxylic acids is 1. The molecule has 0 saturated carbocycles. The summed E-state index contributed by atoms with van der Waals surface area (Å²) in [7, 11) is 0. The number of carbonyl (C=O) groups is 1. The molecule has 7 heteroatoms. The van der Waals surface area contributed by atoms with Gasteiger partial charge in [-0.15, -0.1) is 0 Å². The van der Waals surface area contributed by atoms with Crippen LogP contribution in [-0.4, -0.2) is 23.4 Å². The predicted molar refractivity (Wildman–Crippen MR) is 70.2 cm³/mol. The Labute approximate surface area is 117 Å². The molecular formula is C13H12F4O2S. The van der Waals surface area contributed by atoms with E-state index in [1.807, 2.05) is 0 Å². The molecule has 110 valence electrons. The Balaban J connectivity index is 2.69. The number of halogens is 4. The second-order valence-corrected chi connectivity index (χ2v) is 4.94. The average molecular weight is 308 g/mol. The maximum Gasteiger partial charge on any atom is 0.461 e. The molecular weight excluding hydrogens is 296 g/mol. The summed E-state index contributed by atoms with van der Waals surface area (Å²) in [5.41, 5.74) is 0.511. The highest BCUT2D eigenvalue weighted by atomic mass is 32.2. The van der Waals surface area contributed by atoms with Crippen molar-refractivity contribution in [2.75, 3.05) is 5.75 Å². The van der Waals surface area contributed by atoms with Crippen molar-refractivity contribution in [1.29, 1.82) is 0 Å². The molecule has 0 unspecified atom stereocenters. The molecule has 0 fully saturated rings. The molecule has 0 aliphatic rings. The van der Waals surface area contributed by atoms with Gasteiger partial charge in [0.25, 0.3) is 0 Å². The number of hydrogen-bond acceptors (Lipinski definition) is 3. The maximum absolute atomic E-state index is 12.7. The molecule has 0 atom stereocenters. The van der Waals surface area contributed by atoms with Crippen LogP contribution in [0.15, 0.2) is 30.3 Å². The Kier molecular flexibility index (Phi) is 6.06. The van der Waals surface area contributed by atoms with Gasteiger partial charge < -0.3 is 4.74 Å². The van der Waals surface area contributed by atoms with Gasteiger partial charge in [0.15, 0.2) is 5.12 Å². The molecule has 0 aliphatic heterocycles. The zero-order valence-corrected chi connectivity index (χ0v) is 11.3. The standard InChI is InChI=1S/C13H12F4O2S/c1-9(18)20-7-3-5-10-4-2-6-11(8-10)19-13(16,17)12(14)15/h2-6,8,12H,7H2,1H3. The van der Waals surface area contributed by atoms with Crippen LogP contribution in [0, 0.1) is 0 Å². The summed E-state index contributed by atoms with van der Waals surface area (Å²) >= 11 is 1.09. The van der Waals surface area contributed by atoms with Crippen LogP contribution in [-0.2, 0) is 4.79 Å². The largest absolute Gasteiger partial charge is 0.461 e. The normalized spacial score (nSPS) is 12.1. The Morgan fingerprint density at radius 1 is 1.45 bits per heavy atom. The molecule has 1 aromatic carbocycles. The molecule has 0 aliphatic carbocycles. The topological polar surface area (TPSA) is 26.3 Å². The van der Waals surface area contributed by atoms with E-state index < -0.39 is 12.5 Å². The first-order valence-corrected chi connectivity index (χ1v) is 6.55. The molecule has 0 saturated heterocycles. The number of hydrogen-bond donors (Lipinski definition) is 0. The molecule has 0 amide bonds. The van der Waals surface area contributed by atoms with E-state index in [1.165, 1.54) is 19.1 Å². The molecule has 1 aromatic rings. The lowest BCUT2D eigenvalue weighted by Gasteiger charge is -2.16. The first-order valence-electron chi connectivity index (χ1n) is 5.56. The minimum atomic E-state index is -4.52. The Hall–Kier alpha value is -1.50. The summed E-state index contributed by atoms with van der Waals surface area (Å²) in [4.78, 5) is 10.7. The van der Waals surface area contributed by atoms with Gasteiger partial charge in [-0.05, 0) is 17.7 Å². The van der Waals surface area contributed by atoms with Crippen molar-refractivity contribution in [1.82, 2.24) is 0 Å². The van der Waals surface area contributed by atoms with Crippen molar-refractivity contribution in [2.45, 2.75) is 19.5 Å². The first kappa shape index (κ1) is 16.6. The minimum absolute atomic E-state index is 0.0386. The molecule has 0 radical (unpaired) electrons. The molecule has 0 spiro atoms. The van der Waals surface area contributed by atoms with E-state index in [9.17, 15) is 22.4 Å². The van der Waals surface area contributed by atoms with Gasteiger partial charge in [-0.25, -0.2) is 0 Å². The molecule has 0 bridgehead atoms. The number of rotatable bonds is 6. The summed E-state index contributed by atoms with van der Waals surface area (Å²) < 4.78 is 53.4. The highest BCUT2D eigenvalue weighted by Gasteiger charge is 2.43. The van der Waals surface area contributed by atoms with Crippen molar-refractivity contribution < 1.29 is 27.1 Å². The molecule has 20 heavy (non-hydrogen) atoms. The lowest BCUT2D eigenvalue weighted by Crippen LogP contribution is -2.33. The quantitative estimate of drug-likeness (QED) is 0.736. The van der Waals surface area contributed by atoms with Crippen molar-refractivity contribution in [2.24, 2.45) is 0 Å². The van der Waals surface area contributed by atoms with Crippen LogP contribution in [0.2, 0.25) is 0 Å². The third kappa shape index (κ3) is 5.64. The Bertz CT molecular complexity index is 489. The van der Waals surface area contributed by atoms with E-state index >= 15 is 0 Å². The Morgan fingerprint density at radius 2 is 2.15 bits per heavy atom. The summed E-state index contributed by atoms with van der Waals surface area (Å²) in [6.45, 7) is 1.43. The molecule has 0 N–H and O–H groups in total. The van der Waals surface area contributed by atoms with Gasteiger partial charge >= 0.3 is 12.5 Å². The number of benzene rings is 1.